The fourth-order valence-electron chi connectivity index (χ4n) is 2.80. The summed E-state index contributed by atoms with van der Waals surface area (Å²) in [6.07, 6.45) is 1.19. The van der Waals surface area contributed by atoms with Crippen LogP contribution in [0.15, 0.2) is 24.3 Å². The van der Waals surface area contributed by atoms with Crippen molar-refractivity contribution in [3.63, 3.8) is 0 Å². The number of aromatic nitrogens is 1. The van der Waals surface area contributed by atoms with Gasteiger partial charge in [0.2, 0.25) is 0 Å². The number of β-amino-alcohol motifs (C(OH)–C–C–N with tert-alkyl or cyclic N) is 1. The lowest BCUT2D eigenvalue weighted by molar-refractivity contribution is 0.0842. The zero-order chi connectivity index (χ0) is 17.1. The predicted octanol–water partition coefficient (Wildman–Crippen LogP) is 3.44. The van der Waals surface area contributed by atoms with Crippen LogP contribution in [-0.4, -0.2) is 40.2 Å². The van der Waals surface area contributed by atoms with Crippen LogP contribution in [0.3, 0.4) is 0 Å². The first kappa shape index (κ1) is 17.2. The number of carbonyl (C=O) groups is 1. The second-order valence-electron chi connectivity index (χ2n) is 5.92. The Hall–Kier alpha value is -1.63. The highest BCUT2D eigenvalue weighted by atomic mass is 35.5. The third kappa shape index (κ3) is 4.06. The van der Waals surface area contributed by atoms with Gasteiger partial charge in [-0.1, -0.05) is 23.7 Å². The number of aryl methyl sites for hydroxylation is 1. The molecule has 24 heavy (non-hydrogen) atoms. The first-order valence-electron chi connectivity index (χ1n) is 7.96. The molecule has 1 aliphatic rings. The van der Waals surface area contributed by atoms with Crippen molar-refractivity contribution in [2.75, 3.05) is 13.1 Å². The number of rotatable bonds is 3. The Labute approximate surface area is 150 Å². The topological polar surface area (TPSA) is 65.5 Å². The van der Waals surface area contributed by atoms with Crippen molar-refractivity contribution < 1.29 is 9.90 Å². The number of nitrogens with zero attached hydrogens (tertiary/aromatic N) is 2. The van der Waals surface area contributed by atoms with Gasteiger partial charge in [0.15, 0.2) is 0 Å². The molecule has 2 heterocycles. The van der Waals surface area contributed by atoms with E-state index in [1.807, 2.05) is 31.2 Å². The predicted molar refractivity (Wildman–Crippen MR) is 96.3 cm³/mol. The van der Waals surface area contributed by atoms with Gasteiger partial charge in [-0.2, -0.15) is 0 Å². The number of thiazole rings is 1. The summed E-state index contributed by atoms with van der Waals surface area (Å²) in [5.74, 6) is 0. The fraction of sp³-hybridized carbons (Fsp3) is 0.412. The van der Waals surface area contributed by atoms with Crippen molar-refractivity contribution in [1.82, 2.24) is 15.2 Å². The number of likely N-dealkylation sites (tertiary alicyclic amines) is 1. The number of nitrogens with one attached hydrogen (secondary N) is 1. The standard InChI is InChI=1S/C17H20ClN3O2S/c1-11-16(12-4-6-13(18)7-5-12)20-15(24-11)9-19-17(23)21-8-2-3-14(22)10-21/h4-7,14,22H,2-3,8-10H2,1H3,(H,19,23). The molecule has 2 N–H and O–H groups in total. The lowest BCUT2D eigenvalue weighted by Crippen LogP contribution is -2.46. The lowest BCUT2D eigenvalue weighted by atomic mass is 10.1. The summed E-state index contributed by atoms with van der Waals surface area (Å²) < 4.78 is 0. The van der Waals surface area contributed by atoms with Crippen LogP contribution in [0.25, 0.3) is 11.3 Å². The van der Waals surface area contributed by atoms with Crippen molar-refractivity contribution >= 4 is 29.0 Å². The SMILES string of the molecule is Cc1sc(CNC(=O)N2CCCC(O)C2)nc1-c1ccc(Cl)cc1. The van der Waals surface area contributed by atoms with Gasteiger partial charge in [-0.05, 0) is 31.9 Å². The molecule has 1 saturated heterocycles. The van der Waals surface area contributed by atoms with Crippen molar-refractivity contribution in [2.24, 2.45) is 0 Å². The summed E-state index contributed by atoms with van der Waals surface area (Å²) in [4.78, 5) is 19.6. The third-order valence-electron chi connectivity index (χ3n) is 4.03. The van der Waals surface area contributed by atoms with Gasteiger partial charge in [-0.25, -0.2) is 9.78 Å². The molecule has 1 aliphatic heterocycles. The van der Waals surface area contributed by atoms with E-state index < -0.39 is 6.10 Å². The van der Waals surface area contributed by atoms with Gasteiger partial charge in [0, 0.05) is 28.6 Å². The second-order valence-corrected chi connectivity index (χ2v) is 7.64. The van der Waals surface area contributed by atoms with Crippen LogP contribution in [-0.2, 0) is 6.54 Å². The first-order chi connectivity index (χ1) is 11.5. The van der Waals surface area contributed by atoms with E-state index >= 15 is 0 Å². The molecule has 0 aliphatic carbocycles. The Morgan fingerprint density at radius 3 is 2.92 bits per heavy atom. The molecule has 1 atom stereocenters. The minimum Gasteiger partial charge on any atom is -0.391 e. The summed E-state index contributed by atoms with van der Waals surface area (Å²) in [6.45, 7) is 3.51. The lowest BCUT2D eigenvalue weighted by Gasteiger charge is -2.29. The van der Waals surface area contributed by atoms with Crippen LogP contribution in [0.1, 0.15) is 22.7 Å². The molecule has 1 fully saturated rings. The smallest absolute Gasteiger partial charge is 0.317 e. The number of aliphatic hydroxyl groups is 1. The maximum atomic E-state index is 12.2. The number of benzene rings is 1. The molecule has 1 aromatic heterocycles. The molecule has 0 saturated carbocycles. The van der Waals surface area contributed by atoms with E-state index in [0.717, 1.165) is 34.0 Å². The number of piperidine rings is 1. The van der Waals surface area contributed by atoms with Crippen LogP contribution >= 0.6 is 22.9 Å². The minimum atomic E-state index is -0.414. The zero-order valence-electron chi connectivity index (χ0n) is 13.5. The highest BCUT2D eigenvalue weighted by Crippen LogP contribution is 2.28. The molecule has 2 aromatic rings. The van der Waals surface area contributed by atoms with E-state index in [-0.39, 0.29) is 6.03 Å². The zero-order valence-corrected chi connectivity index (χ0v) is 15.0. The largest absolute Gasteiger partial charge is 0.391 e. The van der Waals surface area contributed by atoms with Gasteiger partial charge >= 0.3 is 6.03 Å². The molecule has 128 valence electrons. The quantitative estimate of drug-likeness (QED) is 0.875. The van der Waals surface area contributed by atoms with Gasteiger partial charge < -0.3 is 15.3 Å². The molecule has 2 amide bonds. The first-order valence-corrected chi connectivity index (χ1v) is 9.15. The van der Waals surface area contributed by atoms with Crippen molar-refractivity contribution in [2.45, 2.75) is 32.4 Å². The highest BCUT2D eigenvalue weighted by molar-refractivity contribution is 7.12. The molecule has 5 nitrogen and oxygen atoms in total. The van der Waals surface area contributed by atoms with Crippen LogP contribution in [0.4, 0.5) is 4.79 Å². The van der Waals surface area contributed by atoms with Crippen LogP contribution in [0, 0.1) is 6.92 Å². The number of amides is 2. The van der Waals surface area contributed by atoms with Crippen LogP contribution in [0.2, 0.25) is 5.02 Å². The number of hydrogen-bond acceptors (Lipinski definition) is 4. The molecule has 0 bridgehead atoms. The maximum absolute atomic E-state index is 12.2. The third-order valence-corrected chi connectivity index (χ3v) is 5.26. The van der Waals surface area contributed by atoms with Crippen molar-refractivity contribution in [1.29, 1.82) is 0 Å². The van der Waals surface area contributed by atoms with Crippen molar-refractivity contribution in [3.8, 4) is 11.3 Å². The van der Waals surface area contributed by atoms with E-state index in [4.69, 9.17) is 11.6 Å². The normalized spacial score (nSPS) is 17.8. The van der Waals surface area contributed by atoms with E-state index in [9.17, 15) is 9.90 Å². The molecule has 1 unspecified atom stereocenters. The van der Waals surface area contributed by atoms with Gasteiger partial charge in [0.05, 0.1) is 18.3 Å². The molecular weight excluding hydrogens is 346 g/mol. The monoisotopic (exact) mass is 365 g/mol. The number of urea groups is 1. The summed E-state index contributed by atoms with van der Waals surface area (Å²) >= 11 is 7.50. The van der Waals surface area contributed by atoms with E-state index in [2.05, 4.69) is 10.3 Å². The summed E-state index contributed by atoms with van der Waals surface area (Å²) in [6, 6.07) is 7.44. The van der Waals surface area contributed by atoms with Crippen molar-refractivity contribution in [3.05, 3.63) is 39.2 Å². The maximum Gasteiger partial charge on any atom is 0.317 e. The average molecular weight is 366 g/mol. The van der Waals surface area contributed by atoms with Gasteiger partial charge in [0.25, 0.3) is 0 Å². The minimum absolute atomic E-state index is 0.144. The summed E-state index contributed by atoms with van der Waals surface area (Å²) in [5.41, 5.74) is 1.94. The van der Waals surface area contributed by atoms with Crippen LogP contribution in [0.5, 0.6) is 0 Å². The van der Waals surface area contributed by atoms with Gasteiger partial charge in [-0.15, -0.1) is 11.3 Å². The fourth-order valence-corrected chi connectivity index (χ4v) is 3.83. The number of halogens is 1. The van der Waals surface area contributed by atoms with E-state index in [1.165, 1.54) is 0 Å². The molecular formula is C17H20ClN3O2S. The van der Waals surface area contributed by atoms with E-state index in [0.29, 0.717) is 24.7 Å². The molecule has 7 heteroatoms. The van der Waals surface area contributed by atoms with E-state index in [1.54, 1.807) is 16.2 Å². The Morgan fingerprint density at radius 1 is 1.46 bits per heavy atom. The molecule has 0 spiro atoms. The Kier molecular flexibility index (Phi) is 5.38. The summed E-state index contributed by atoms with van der Waals surface area (Å²) in [7, 11) is 0. The Balaban J connectivity index is 1.63. The molecule has 1 aromatic carbocycles. The van der Waals surface area contributed by atoms with Crippen LogP contribution < -0.4 is 5.32 Å². The Bertz CT molecular complexity index is 717. The molecule has 0 radical (unpaired) electrons. The average Bonchev–Trinajstić information content (AvgIpc) is 2.94. The Morgan fingerprint density at radius 2 is 2.21 bits per heavy atom. The number of hydrogen-bond donors (Lipinski definition) is 2. The van der Waals surface area contributed by atoms with Gasteiger partial charge in [-0.3, -0.25) is 0 Å². The number of carbonyl (C=O) groups excluding carboxylic acids is 1. The molecule has 3 rings (SSSR count). The highest BCUT2D eigenvalue weighted by Gasteiger charge is 2.22. The number of aliphatic hydroxyl groups excluding tert-OH is 1. The second kappa shape index (κ2) is 7.51. The van der Waals surface area contributed by atoms with Gasteiger partial charge in [0.1, 0.15) is 5.01 Å². The summed E-state index contributed by atoms with van der Waals surface area (Å²) in [5, 5.41) is 14.1.